The molecule has 3 aromatic carbocycles. The lowest BCUT2D eigenvalue weighted by atomic mass is 9.83. The highest BCUT2D eigenvalue weighted by molar-refractivity contribution is 6.12. The minimum atomic E-state index is -0.524. The highest BCUT2D eigenvalue weighted by Crippen LogP contribution is 2.68. The monoisotopic (exact) mass is 353 g/mol. The first-order valence-corrected chi connectivity index (χ1v) is 9.25. The number of benzene rings is 3. The summed E-state index contributed by atoms with van der Waals surface area (Å²) in [5, 5.41) is 0. The number of likely N-dealkylation sites (tertiary alicyclic amines) is 1. The van der Waals surface area contributed by atoms with Gasteiger partial charge >= 0.3 is 0 Å². The van der Waals surface area contributed by atoms with Crippen LogP contribution in [0.3, 0.4) is 0 Å². The van der Waals surface area contributed by atoms with Gasteiger partial charge < -0.3 is 0 Å². The molecule has 3 nitrogen and oxygen atoms in total. The van der Waals surface area contributed by atoms with Gasteiger partial charge in [0.2, 0.25) is 11.8 Å². The lowest BCUT2D eigenvalue weighted by molar-refractivity contribution is -0.142. The van der Waals surface area contributed by atoms with Crippen molar-refractivity contribution in [1.82, 2.24) is 4.90 Å². The minimum absolute atomic E-state index is 0.0541. The third-order valence-corrected chi connectivity index (χ3v) is 5.96. The summed E-state index contributed by atoms with van der Waals surface area (Å²) in [5.74, 6) is -0.722. The smallest absolute Gasteiger partial charge is 0.234 e. The zero-order chi connectivity index (χ0) is 18.4. The largest absolute Gasteiger partial charge is 0.278 e. The first-order chi connectivity index (χ1) is 13.2. The fraction of sp³-hybridized carbons (Fsp3) is 0.167. The Morgan fingerprint density at radius 3 is 1.48 bits per heavy atom. The predicted octanol–water partition coefficient (Wildman–Crippen LogP) is 3.79. The van der Waals surface area contributed by atoms with Gasteiger partial charge in [-0.05, 0) is 16.7 Å². The Kier molecular flexibility index (Phi) is 3.51. The number of amides is 2. The summed E-state index contributed by atoms with van der Waals surface area (Å²) in [6, 6.07) is 29.7. The van der Waals surface area contributed by atoms with Crippen LogP contribution in [0.15, 0.2) is 91.0 Å². The molecule has 3 aromatic rings. The van der Waals surface area contributed by atoms with Gasteiger partial charge in [-0.15, -0.1) is 0 Å². The molecular weight excluding hydrogens is 334 g/mol. The Hall–Kier alpha value is -3.20. The van der Waals surface area contributed by atoms with Crippen molar-refractivity contribution in [2.45, 2.75) is 12.0 Å². The van der Waals surface area contributed by atoms with Gasteiger partial charge in [-0.25, -0.2) is 0 Å². The molecule has 5 rings (SSSR count). The number of hydrogen-bond acceptors (Lipinski definition) is 2. The van der Waals surface area contributed by atoms with Crippen molar-refractivity contribution in [3.63, 3.8) is 0 Å². The van der Waals surface area contributed by atoms with Crippen LogP contribution in [0.4, 0.5) is 0 Å². The third-order valence-electron chi connectivity index (χ3n) is 5.96. The molecule has 1 aliphatic carbocycles. The summed E-state index contributed by atoms with van der Waals surface area (Å²) in [5.41, 5.74) is 2.55. The molecule has 2 fully saturated rings. The van der Waals surface area contributed by atoms with Gasteiger partial charge in [0.1, 0.15) is 0 Å². The summed E-state index contributed by atoms with van der Waals surface area (Å²) < 4.78 is 0. The third kappa shape index (κ3) is 2.21. The lowest BCUT2D eigenvalue weighted by Crippen LogP contribution is -2.38. The Balaban J connectivity index is 1.55. The molecule has 2 aliphatic rings. The van der Waals surface area contributed by atoms with Crippen LogP contribution in [-0.2, 0) is 21.5 Å². The standard InChI is InChI=1S/C24H19NO2/c26-22-20-21(23(27)25(22)16-17-10-4-1-5-11-17)24(20,18-12-6-2-7-13-18)19-14-8-3-9-15-19/h1-15,20-21H,16H2. The molecule has 0 N–H and O–H groups in total. The van der Waals surface area contributed by atoms with E-state index in [1.165, 1.54) is 4.90 Å². The van der Waals surface area contributed by atoms with E-state index in [9.17, 15) is 9.59 Å². The van der Waals surface area contributed by atoms with Gasteiger partial charge in [0.15, 0.2) is 0 Å². The Morgan fingerprint density at radius 2 is 1.04 bits per heavy atom. The number of rotatable bonds is 4. The van der Waals surface area contributed by atoms with E-state index in [1.807, 2.05) is 91.0 Å². The highest BCUT2D eigenvalue weighted by Gasteiger charge is 2.78. The summed E-state index contributed by atoms with van der Waals surface area (Å²) in [6.45, 7) is 0.352. The van der Waals surface area contributed by atoms with Gasteiger partial charge in [0.25, 0.3) is 0 Å². The lowest BCUT2D eigenvalue weighted by Gasteiger charge is -2.26. The molecule has 1 saturated carbocycles. The molecule has 3 heteroatoms. The SMILES string of the molecule is O=C1C2C(C(=O)N1Cc1ccccc1)C2(c1ccccc1)c1ccccc1. The van der Waals surface area contributed by atoms with E-state index in [-0.39, 0.29) is 23.7 Å². The van der Waals surface area contributed by atoms with Crippen molar-refractivity contribution in [3.05, 3.63) is 108 Å². The first kappa shape index (κ1) is 16.0. The molecule has 2 amide bonds. The van der Waals surface area contributed by atoms with Crippen molar-refractivity contribution in [2.75, 3.05) is 0 Å². The van der Waals surface area contributed by atoms with Gasteiger partial charge in [0, 0.05) is 5.41 Å². The summed E-state index contributed by atoms with van der Waals surface area (Å²) >= 11 is 0. The Labute approximate surface area is 158 Å². The second kappa shape index (κ2) is 5.92. The predicted molar refractivity (Wildman–Crippen MR) is 103 cm³/mol. The topological polar surface area (TPSA) is 37.4 Å². The second-order valence-electron chi connectivity index (χ2n) is 7.30. The fourth-order valence-electron chi connectivity index (χ4n) is 4.74. The van der Waals surface area contributed by atoms with Crippen LogP contribution in [0.2, 0.25) is 0 Å². The Morgan fingerprint density at radius 1 is 0.630 bits per heavy atom. The van der Waals surface area contributed by atoms with Crippen LogP contribution < -0.4 is 0 Å². The average Bonchev–Trinajstić information content (AvgIpc) is 3.38. The van der Waals surface area contributed by atoms with Gasteiger partial charge in [-0.3, -0.25) is 14.5 Å². The summed E-state index contributed by atoms with van der Waals surface area (Å²) in [6.07, 6.45) is 0. The van der Waals surface area contributed by atoms with E-state index < -0.39 is 5.41 Å². The van der Waals surface area contributed by atoms with Gasteiger partial charge in [-0.1, -0.05) is 91.0 Å². The number of fused-ring (bicyclic) bond motifs is 1. The maximum Gasteiger partial charge on any atom is 0.234 e. The van der Waals surface area contributed by atoms with Gasteiger partial charge in [0.05, 0.1) is 18.4 Å². The molecule has 0 radical (unpaired) electrons. The van der Waals surface area contributed by atoms with Crippen LogP contribution in [0.1, 0.15) is 16.7 Å². The molecule has 1 aliphatic heterocycles. The first-order valence-electron chi connectivity index (χ1n) is 9.25. The molecule has 0 spiro atoms. The number of hydrogen-bond donors (Lipinski definition) is 0. The van der Waals surface area contributed by atoms with Crippen molar-refractivity contribution in [3.8, 4) is 0 Å². The van der Waals surface area contributed by atoms with E-state index in [1.54, 1.807) is 0 Å². The highest BCUT2D eigenvalue weighted by atomic mass is 16.2. The number of nitrogens with zero attached hydrogens (tertiary/aromatic N) is 1. The van der Waals surface area contributed by atoms with Crippen molar-refractivity contribution in [1.29, 1.82) is 0 Å². The molecule has 2 unspecified atom stereocenters. The van der Waals surface area contributed by atoms with Crippen LogP contribution in [0.5, 0.6) is 0 Å². The van der Waals surface area contributed by atoms with E-state index in [0.29, 0.717) is 6.54 Å². The molecule has 0 aromatic heterocycles. The van der Waals surface area contributed by atoms with Crippen molar-refractivity contribution >= 4 is 11.8 Å². The molecule has 2 atom stereocenters. The van der Waals surface area contributed by atoms with Crippen LogP contribution in [0.25, 0.3) is 0 Å². The fourth-order valence-corrected chi connectivity index (χ4v) is 4.74. The van der Waals surface area contributed by atoms with E-state index in [0.717, 1.165) is 16.7 Å². The van der Waals surface area contributed by atoms with E-state index >= 15 is 0 Å². The Bertz CT molecular complexity index is 935. The molecule has 0 bridgehead atoms. The summed E-state index contributed by atoms with van der Waals surface area (Å²) in [4.78, 5) is 27.9. The van der Waals surface area contributed by atoms with Gasteiger partial charge in [-0.2, -0.15) is 0 Å². The van der Waals surface area contributed by atoms with Crippen LogP contribution >= 0.6 is 0 Å². The molecule has 132 valence electrons. The quantitative estimate of drug-likeness (QED) is 0.669. The number of imide groups is 1. The van der Waals surface area contributed by atoms with Crippen LogP contribution in [-0.4, -0.2) is 16.7 Å². The summed E-state index contributed by atoms with van der Waals surface area (Å²) in [7, 11) is 0. The maximum atomic E-state index is 13.2. The molecule has 1 heterocycles. The number of carbonyl (C=O) groups excluding carboxylic acids is 2. The average molecular weight is 353 g/mol. The number of carbonyl (C=O) groups is 2. The zero-order valence-electron chi connectivity index (χ0n) is 14.8. The van der Waals surface area contributed by atoms with Crippen LogP contribution in [0, 0.1) is 11.8 Å². The molecule has 27 heavy (non-hydrogen) atoms. The molecule has 1 saturated heterocycles. The van der Waals surface area contributed by atoms with Crippen molar-refractivity contribution < 1.29 is 9.59 Å². The van der Waals surface area contributed by atoms with E-state index in [2.05, 4.69) is 0 Å². The van der Waals surface area contributed by atoms with Crippen molar-refractivity contribution in [2.24, 2.45) is 11.8 Å². The second-order valence-corrected chi connectivity index (χ2v) is 7.30. The minimum Gasteiger partial charge on any atom is -0.278 e. The number of piperidine rings is 1. The maximum absolute atomic E-state index is 13.2. The normalized spacial score (nSPS) is 22.6. The molecular formula is C24H19NO2. The van der Waals surface area contributed by atoms with E-state index in [4.69, 9.17) is 0 Å². The zero-order valence-corrected chi connectivity index (χ0v) is 14.8.